The van der Waals surface area contributed by atoms with Crippen LogP contribution in [0.4, 0.5) is 29.1 Å². The zero-order valence-electron chi connectivity index (χ0n) is 20.6. The number of halogens is 4. The number of nitrogens with two attached hydrogens (primary N) is 1. The van der Waals surface area contributed by atoms with Crippen molar-refractivity contribution in [2.45, 2.75) is 42.5 Å². The summed E-state index contributed by atoms with van der Waals surface area (Å²) in [4.78, 5) is 24.9. The molecule has 0 spiro atoms. The molecule has 0 aromatic carbocycles. The number of rotatable bonds is 7. The van der Waals surface area contributed by atoms with Gasteiger partial charge in [-0.3, -0.25) is 4.99 Å². The van der Waals surface area contributed by atoms with Gasteiger partial charge < -0.3 is 25.3 Å². The Labute approximate surface area is 227 Å². The lowest BCUT2D eigenvalue weighted by molar-refractivity contribution is -0.207. The van der Waals surface area contributed by atoms with Crippen molar-refractivity contribution in [3.05, 3.63) is 60.7 Å². The summed E-state index contributed by atoms with van der Waals surface area (Å²) in [6, 6.07) is 3.03. The number of hydrogen-bond donors (Lipinski definition) is 3. The number of ether oxygens (including phenoxy) is 1. The first-order valence-electron chi connectivity index (χ1n) is 11.8. The van der Waals surface area contributed by atoms with Gasteiger partial charge in [0.25, 0.3) is 0 Å². The van der Waals surface area contributed by atoms with Gasteiger partial charge in [-0.1, -0.05) is 11.8 Å². The molecular weight excluding hydrogens is 556 g/mol. The number of nitrogens with zero attached hydrogens (tertiary/aromatic N) is 6. The molecule has 4 N–H and O–H groups in total. The smallest absolute Gasteiger partial charge is 0.415 e. The van der Waals surface area contributed by atoms with Crippen LogP contribution in [0.25, 0.3) is 11.0 Å². The largest absolute Gasteiger partial charge is 0.482 e. The highest BCUT2D eigenvalue weighted by atomic mass is 32.2. The molecular formula is C24H20F4N8O3S. The minimum atomic E-state index is -4.87. The average molecular weight is 577 g/mol. The molecule has 5 heterocycles. The second-order valence-electron chi connectivity index (χ2n) is 9.52. The van der Waals surface area contributed by atoms with Crippen LogP contribution in [0.15, 0.2) is 52.7 Å². The van der Waals surface area contributed by atoms with Crippen molar-refractivity contribution in [2.75, 3.05) is 5.32 Å². The number of nitrogens with one attached hydrogen (secondary N) is 1. The topological polar surface area (TPSA) is 157 Å². The zero-order chi connectivity index (χ0) is 28.3. The number of pyridine rings is 2. The van der Waals surface area contributed by atoms with Crippen LogP contribution < -0.4 is 15.8 Å². The molecule has 4 aromatic rings. The molecule has 1 fully saturated rings. The van der Waals surface area contributed by atoms with Gasteiger partial charge in [0, 0.05) is 17.5 Å². The van der Waals surface area contributed by atoms with Crippen molar-refractivity contribution in [1.82, 2.24) is 24.9 Å². The summed E-state index contributed by atoms with van der Waals surface area (Å²) in [7, 11) is 0. The minimum absolute atomic E-state index is 0.0585. The van der Waals surface area contributed by atoms with E-state index in [4.69, 9.17) is 14.9 Å². The van der Waals surface area contributed by atoms with Crippen LogP contribution in [0.3, 0.4) is 0 Å². The number of aromatic nitrogens is 5. The SMILES string of the molecule is C[C@]1(c2cc(Nc3ncnc4cc(OCc5ncco5)cnc34)cnc2F)N=C(N)S[C@]2([C@H](O)C(F)(F)F)C[C@H]21. The highest BCUT2D eigenvalue weighted by molar-refractivity contribution is 8.15. The second kappa shape index (κ2) is 9.26. The van der Waals surface area contributed by atoms with Crippen LogP contribution in [0.5, 0.6) is 5.75 Å². The lowest BCUT2D eigenvalue weighted by Gasteiger charge is -2.36. The van der Waals surface area contributed by atoms with Crippen LogP contribution in [0.1, 0.15) is 24.8 Å². The first-order valence-corrected chi connectivity index (χ1v) is 12.7. The number of hydrogen-bond acceptors (Lipinski definition) is 12. The molecule has 0 bridgehead atoms. The van der Waals surface area contributed by atoms with Crippen molar-refractivity contribution in [2.24, 2.45) is 16.6 Å². The number of alkyl halides is 3. The van der Waals surface area contributed by atoms with Gasteiger partial charge in [0.2, 0.25) is 11.8 Å². The van der Waals surface area contributed by atoms with Gasteiger partial charge in [-0.25, -0.2) is 24.9 Å². The molecule has 1 aliphatic carbocycles. The summed E-state index contributed by atoms with van der Waals surface area (Å²) in [6.45, 7) is 1.58. The highest BCUT2D eigenvalue weighted by Crippen LogP contribution is 2.68. The number of aliphatic imine (C=N–C) groups is 1. The summed E-state index contributed by atoms with van der Waals surface area (Å²) < 4.78 is 64.6. The van der Waals surface area contributed by atoms with E-state index in [9.17, 15) is 18.3 Å². The van der Waals surface area contributed by atoms with E-state index >= 15 is 4.39 Å². The van der Waals surface area contributed by atoms with Crippen LogP contribution in [0, 0.1) is 11.9 Å². The van der Waals surface area contributed by atoms with Crippen molar-refractivity contribution in [3.63, 3.8) is 0 Å². The van der Waals surface area contributed by atoms with Crippen LogP contribution in [-0.4, -0.2) is 52.2 Å². The maximum Gasteiger partial charge on any atom is 0.415 e. The maximum absolute atomic E-state index is 15.1. The monoisotopic (exact) mass is 576 g/mol. The molecule has 208 valence electrons. The van der Waals surface area contributed by atoms with E-state index in [1.54, 1.807) is 6.07 Å². The molecule has 0 radical (unpaired) electrons. The third-order valence-corrected chi connectivity index (χ3v) is 8.34. The molecule has 4 aromatic heterocycles. The minimum Gasteiger partial charge on any atom is -0.482 e. The first kappa shape index (κ1) is 26.2. The second-order valence-corrected chi connectivity index (χ2v) is 10.9. The van der Waals surface area contributed by atoms with Gasteiger partial charge in [-0.15, -0.1) is 0 Å². The number of amidine groups is 1. The van der Waals surface area contributed by atoms with Gasteiger partial charge in [-0.05, 0) is 19.4 Å². The fourth-order valence-electron chi connectivity index (χ4n) is 5.03. The van der Waals surface area contributed by atoms with E-state index in [-0.39, 0.29) is 35.3 Å². The van der Waals surface area contributed by atoms with Crippen LogP contribution in [-0.2, 0) is 12.1 Å². The van der Waals surface area contributed by atoms with Gasteiger partial charge in [0.15, 0.2) is 23.7 Å². The van der Waals surface area contributed by atoms with Crippen LogP contribution >= 0.6 is 11.8 Å². The van der Waals surface area contributed by atoms with Crippen LogP contribution in [0.2, 0.25) is 0 Å². The lowest BCUT2D eigenvalue weighted by atomic mass is 9.86. The van der Waals surface area contributed by atoms with E-state index in [0.29, 0.717) is 34.4 Å². The number of thioether (sulfide) groups is 1. The lowest BCUT2D eigenvalue weighted by Crippen LogP contribution is -2.47. The average Bonchev–Trinajstić information content (AvgIpc) is 3.42. The molecule has 6 rings (SSSR count). The number of aliphatic hydroxyl groups is 1. The summed E-state index contributed by atoms with van der Waals surface area (Å²) >= 11 is 0.668. The predicted octanol–water partition coefficient (Wildman–Crippen LogP) is 3.83. The van der Waals surface area contributed by atoms with Crippen molar-refractivity contribution < 1.29 is 31.8 Å². The Kier molecular flexibility index (Phi) is 6.06. The molecule has 0 unspecified atom stereocenters. The van der Waals surface area contributed by atoms with E-state index < -0.39 is 34.4 Å². The molecule has 40 heavy (non-hydrogen) atoms. The highest BCUT2D eigenvalue weighted by Gasteiger charge is 2.74. The van der Waals surface area contributed by atoms with E-state index in [1.165, 1.54) is 44.2 Å². The van der Waals surface area contributed by atoms with E-state index in [0.717, 1.165) is 0 Å². The number of fused-ring (bicyclic) bond motifs is 2. The quantitative estimate of drug-likeness (QED) is 0.217. The molecule has 16 heteroatoms. The summed E-state index contributed by atoms with van der Waals surface area (Å²) in [5.74, 6) is -0.690. The normalized spacial score (nSPS) is 24.8. The third-order valence-electron chi connectivity index (χ3n) is 6.98. The summed E-state index contributed by atoms with van der Waals surface area (Å²) in [5.41, 5.74) is 5.41. The standard InChI is InChI=1S/C24H20F4N8O3S/c1-22(15-6-23(15,40-21(29)36-22)20(37)24(26,27)28)13-4-11(7-32-18(13)25)35-19-17-14(33-10-34-19)5-12(8-31-17)39-9-16-30-2-3-38-16/h2-5,7-8,10,15,20,37H,6,9H2,1H3,(H2,29,36)(H,33,34,35)/t15-,20-,22+,23+/m0/s1. The maximum atomic E-state index is 15.1. The predicted molar refractivity (Wildman–Crippen MR) is 135 cm³/mol. The Morgan fingerprint density at radius 3 is 2.80 bits per heavy atom. The van der Waals surface area contributed by atoms with Gasteiger partial charge >= 0.3 is 6.18 Å². The molecule has 4 atom stereocenters. The van der Waals surface area contributed by atoms with Gasteiger partial charge in [0.05, 0.1) is 40.1 Å². The Bertz CT molecular complexity index is 1620. The number of aliphatic hydroxyl groups excluding tert-OH is 1. The fraction of sp³-hybridized carbons (Fsp3) is 0.333. The zero-order valence-corrected chi connectivity index (χ0v) is 21.4. The fourth-order valence-corrected chi connectivity index (χ4v) is 6.52. The number of oxazole rings is 1. The molecule has 2 aliphatic rings. The third kappa shape index (κ3) is 4.46. The molecule has 1 saturated carbocycles. The van der Waals surface area contributed by atoms with Crippen molar-refractivity contribution >= 4 is 39.5 Å². The molecule has 11 nitrogen and oxygen atoms in total. The Balaban J connectivity index is 1.29. The Morgan fingerprint density at radius 1 is 1.23 bits per heavy atom. The number of anilines is 2. The van der Waals surface area contributed by atoms with Crippen molar-refractivity contribution in [3.8, 4) is 5.75 Å². The molecule has 0 amide bonds. The molecule has 0 saturated heterocycles. The summed E-state index contributed by atoms with van der Waals surface area (Å²) in [5, 5.41) is 13.0. The molecule has 1 aliphatic heterocycles. The van der Waals surface area contributed by atoms with E-state index in [2.05, 4.69) is 35.2 Å². The summed E-state index contributed by atoms with van der Waals surface area (Å²) in [6.07, 6.45) is -0.684. The Hall–Kier alpha value is -4.05. The van der Waals surface area contributed by atoms with Crippen molar-refractivity contribution in [1.29, 1.82) is 0 Å². The first-order chi connectivity index (χ1) is 19.0. The van der Waals surface area contributed by atoms with Gasteiger partial charge in [-0.2, -0.15) is 17.6 Å². The van der Waals surface area contributed by atoms with E-state index in [1.807, 2.05) is 0 Å². The Morgan fingerprint density at radius 2 is 2.05 bits per heavy atom. The van der Waals surface area contributed by atoms with Gasteiger partial charge in [0.1, 0.15) is 23.9 Å².